The summed E-state index contributed by atoms with van der Waals surface area (Å²) in [5, 5.41) is 71.4. The van der Waals surface area contributed by atoms with Crippen LogP contribution in [-0.2, 0) is 44.9 Å². The van der Waals surface area contributed by atoms with Crippen molar-refractivity contribution in [3.8, 4) is 11.5 Å². The van der Waals surface area contributed by atoms with Crippen molar-refractivity contribution in [1.82, 2.24) is 67.5 Å². The molecular formula is C61H93N17O14. The number of benzene rings is 3. The number of carboxylic acid groups (broad SMARTS) is 3. The lowest BCUT2D eigenvalue weighted by molar-refractivity contribution is -0.140. The minimum absolute atomic E-state index is 0.00397. The molecule has 3 atom stereocenters. The van der Waals surface area contributed by atoms with Gasteiger partial charge in [0.1, 0.15) is 23.6 Å². The predicted octanol–water partition coefficient (Wildman–Crippen LogP) is -1.32. The summed E-state index contributed by atoms with van der Waals surface area (Å²) in [5.41, 5.74) is 13.4. The van der Waals surface area contributed by atoms with E-state index in [1.165, 1.54) is 12.1 Å². The first kappa shape index (κ1) is 75.3. The van der Waals surface area contributed by atoms with Crippen LogP contribution in [0, 0.1) is 5.41 Å². The lowest BCUT2D eigenvalue weighted by Crippen LogP contribution is -2.50. The van der Waals surface area contributed by atoms with Gasteiger partial charge in [0, 0.05) is 118 Å². The monoisotopic (exact) mass is 1290 g/mol. The van der Waals surface area contributed by atoms with Gasteiger partial charge in [-0.25, -0.2) is 4.79 Å². The van der Waals surface area contributed by atoms with Crippen molar-refractivity contribution in [2.24, 2.45) is 16.5 Å². The van der Waals surface area contributed by atoms with Gasteiger partial charge in [-0.3, -0.25) is 63.4 Å². The van der Waals surface area contributed by atoms with Gasteiger partial charge < -0.3 is 84.5 Å². The Balaban J connectivity index is 1.33. The first-order chi connectivity index (χ1) is 44.2. The summed E-state index contributed by atoms with van der Waals surface area (Å²) in [6.45, 7) is 5.39. The van der Waals surface area contributed by atoms with Gasteiger partial charge >= 0.3 is 23.9 Å². The number of aliphatic imine (C=N–C) groups is 1. The van der Waals surface area contributed by atoms with Crippen LogP contribution in [-0.4, -0.2) is 242 Å². The number of carbonyl (C=O) groups is 9. The maximum Gasteiger partial charge on any atom is 0.344 e. The second kappa shape index (κ2) is 42.8. The number of urea groups is 1. The van der Waals surface area contributed by atoms with Crippen LogP contribution in [0.1, 0.15) is 80.9 Å². The molecule has 3 aromatic rings. The number of nitrogens with one attached hydrogen (secondary N) is 10. The SMILES string of the molecule is CCC(=O)NCCNC(=O)/N=C(/N)NCCC[C@@H](NC(=O)[C@@H](c1ccccc1)c1cccc(OCCCCNC(=O)[C@@H](CCCNC(=N)N)NC(=O)CCNCN2CCN(CC(=O)O)CCN(CC(=O)O)CCN(CC(=O)O)CC2)c1)C(=O)NCc1ccc(O)cc1. The van der Waals surface area contributed by atoms with E-state index in [-0.39, 0.29) is 148 Å². The number of carbonyl (C=O) groups excluding carboxylic acids is 6. The molecule has 18 N–H and O–H groups in total. The van der Waals surface area contributed by atoms with Crippen LogP contribution >= 0.6 is 0 Å². The number of unbranched alkanes of at least 4 members (excludes halogenated alkanes) is 1. The van der Waals surface area contributed by atoms with E-state index in [1.807, 2.05) is 23.1 Å². The number of nitrogens with zero attached hydrogens (tertiary/aromatic N) is 5. The molecule has 7 amide bonds. The Labute approximate surface area is 535 Å². The minimum atomic E-state index is -1.05. The second-order valence-electron chi connectivity index (χ2n) is 21.8. The largest absolute Gasteiger partial charge is 0.508 e. The van der Waals surface area contributed by atoms with E-state index in [9.17, 15) is 63.6 Å². The van der Waals surface area contributed by atoms with Crippen molar-refractivity contribution in [1.29, 1.82) is 5.41 Å². The van der Waals surface area contributed by atoms with Gasteiger partial charge in [0.2, 0.25) is 29.5 Å². The number of amides is 7. The Morgan fingerprint density at radius 2 is 1.11 bits per heavy atom. The first-order valence-electron chi connectivity index (χ1n) is 30.8. The van der Waals surface area contributed by atoms with Crippen LogP contribution in [0.25, 0.3) is 0 Å². The number of rotatable bonds is 38. The van der Waals surface area contributed by atoms with Gasteiger partial charge in [0.15, 0.2) is 11.9 Å². The van der Waals surface area contributed by atoms with Crippen molar-refractivity contribution >= 4 is 65.4 Å². The Bertz CT molecular complexity index is 2820. The maximum absolute atomic E-state index is 14.6. The average Bonchev–Trinajstić information content (AvgIpc) is 0.946. The third-order valence-electron chi connectivity index (χ3n) is 14.5. The molecule has 4 rings (SSSR count). The van der Waals surface area contributed by atoms with Crippen molar-refractivity contribution < 1.29 is 68.3 Å². The van der Waals surface area contributed by atoms with Gasteiger partial charge in [-0.15, -0.1) is 0 Å². The van der Waals surface area contributed by atoms with Crippen molar-refractivity contribution in [3.05, 3.63) is 95.6 Å². The van der Waals surface area contributed by atoms with Crippen molar-refractivity contribution in [2.45, 2.75) is 82.8 Å². The van der Waals surface area contributed by atoms with Crippen LogP contribution < -0.4 is 64.1 Å². The molecule has 0 unspecified atom stereocenters. The molecule has 3 aromatic carbocycles. The molecule has 1 aliphatic rings. The fraction of sp³-hybridized carbons (Fsp3) is 0.525. The minimum Gasteiger partial charge on any atom is -0.508 e. The second-order valence-corrected chi connectivity index (χ2v) is 21.8. The molecule has 0 aromatic heterocycles. The molecule has 0 radical (unpaired) electrons. The zero-order valence-electron chi connectivity index (χ0n) is 52.3. The highest BCUT2D eigenvalue weighted by Crippen LogP contribution is 2.28. The molecule has 0 bridgehead atoms. The summed E-state index contributed by atoms with van der Waals surface area (Å²) < 4.78 is 6.16. The highest BCUT2D eigenvalue weighted by Gasteiger charge is 2.29. The molecule has 1 aliphatic heterocycles. The predicted molar refractivity (Wildman–Crippen MR) is 342 cm³/mol. The zero-order valence-corrected chi connectivity index (χ0v) is 52.3. The summed E-state index contributed by atoms with van der Waals surface area (Å²) in [5.74, 6) is -5.77. The number of aliphatic carboxylic acids is 3. The Morgan fingerprint density at radius 1 is 0.565 bits per heavy atom. The molecule has 0 spiro atoms. The third kappa shape index (κ3) is 32.0. The number of hydrogen-bond acceptors (Lipinski definition) is 17. The fourth-order valence-corrected chi connectivity index (χ4v) is 9.62. The van der Waals surface area contributed by atoms with Gasteiger partial charge in [-0.1, -0.05) is 61.5 Å². The molecule has 1 saturated heterocycles. The lowest BCUT2D eigenvalue weighted by Gasteiger charge is -2.33. The van der Waals surface area contributed by atoms with Gasteiger partial charge in [-0.05, 0) is 79.5 Å². The highest BCUT2D eigenvalue weighted by molar-refractivity contribution is 5.93. The third-order valence-corrected chi connectivity index (χ3v) is 14.5. The molecule has 1 heterocycles. The summed E-state index contributed by atoms with van der Waals surface area (Å²) in [6.07, 6.45) is 2.41. The number of hydrogen-bond donors (Lipinski definition) is 16. The summed E-state index contributed by atoms with van der Waals surface area (Å²) >= 11 is 0. The fourth-order valence-electron chi connectivity index (χ4n) is 9.62. The van der Waals surface area contributed by atoms with Gasteiger partial charge in [-0.2, -0.15) is 4.99 Å². The molecule has 0 aliphatic carbocycles. The van der Waals surface area contributed by atoms with E-state index in [2.05, 4.69) is 52.8 Å². The number of phenols is 1. The number of ether oxygens (including phenoxy) is 1. The van der Waals surface area contributed by atoms with Crippen LogP contribution in [0.2, 0.25) is 0 Å². The lowest BCUT2D eigenvalue weighted by atomic mass is 9.90. The van der Waals surface area contributed by atoms with Gasteiger partial charge in [0.05, 0.1) is 32.2 Å². The number of aromatic hydroxyl groups is 1. The Morgan fingerprint density at radius 3 is 1.70 bits per heavy atom. The van der Waals surface area contributed by atoms with E-state index in [0.29, 0.717) is 80.7 Å². The summed E-state index contributed by atoms with van der Waals surface area (Å²) in [7, 11) is 0. The molecule has 31 heteroatoms. The van der Waals surface area contributed by atoms with Gasteiger partial charge in [0.25, 0.3) is 0 Å². The van der Waals surface area contributed by atoms with E-state index >= 15 is 0 Å². The van der Waals surface area contributed by atoms with E-state index in [1.54, 1.807) is 70.2 Å². The molecule has 92 heavy (non-hydrogen) atoms. The normalized spacial score (nSPS) is 14.7. The summed E-state index contributed by atoms with van der Waals surface area (Å²) in [4.78, 5) is 125. The quantitative estimate of drug-likeness (QED) is 0.0180. The van der Waals surface area contributed by atoms with Crippen LogP contribution in [0.4, 0.5) is 4.79 Å². The van der Waals surface area contributed by atoms with Crippen molar-refractivity contribution in [2.75, 3.05) is 125 Å². The Hall–Kier alpha value is -9.17. The van der Waals surface area contributed by atoms with Crippen LogP contribution in [0.3, 0.4) is 0 Å². The number of carboxylic acids is 3. The van der Waals surface area contributed by atoms with E-state index in [4.69, 9.17) is 21.6 Å². The number of nitrogens with two attached hydrogens (primary N) is 2. The topological polar surface area (TPSA) is 453 Å². The Kier molecular flexibility index (Phi) is 35.0. The average molecular weight is 1290 g/mol. The van der Waals surface area contributed by atoms with Crippen LogP contribution in [0.5, 0.6) is 11.5 Å². The molecular weight excluding hydrogens is 1190 g/mol. The highest BCUT2D eigenvalue weighted by atomic mass is 16.5. The van der Waals surface area contributed by atoms with Crippen LogP contribution in [0.15, 0.2) is 83.9 Å². The van der Waals surface area contributed by atoms with Crippen molar-refractivity contribution in [3.63, 3.8) is 0 Å². The number of guanidine groups is 2. The molecule has 0 saturated carbocycles. The first-order valence-corrected chi connectivity index (χ1v) is 30.8. The molecule has 506 valence electrons. The van der Waals surface area contributed by atoms with E-state index < -0.39 is 65.6 Å². The zero-order chi connectivity index (χ0) is 67.0. The summed E-state index contributed by atoms with van der Waals surface area (Å²) in [6, 6.07) is 19.8. The van der Waals surface area contributed by atoms with E-state index in [0.717, 1.165) is 0 Å². The smallest absolute Gasteiger partial charge is 0.344 e. The molecule has 1 fully saturated rings. The maximum atomic E-state index is 14.6. The molecule has 31 nitrogen and oxygen atoms in total. The standard InChI is InChI=1S/C61H93N17O14/c1-2-50(80)66-26-27-70-61(91)74-60(64)69-24-10-16-49(57(89)71-38-43-17-19-46(79)20-18-43)73-58(90)55(44-11-4-3-5-12-44)45-13-8-14-47(37-45)92-36-7-6-22-67-56(88)48(15-9-23-68-59(62)63)72-51(81)21-25-65-42-78-34-32-76(40-53(84)85)30-28-75(39-52(82)83)29-31-77(33-35-78)41-54(86)87/h3-5,8,11-14,17-20,37,48-49,55,65,79H,2,6-7,9-10,15-16,21-36,38-42H2,1H3,(H,66,80)(H,67,88)(H,71,89)(H,72,81)(H,73,90)(H,82,83)(H,84,85)(H,86,87)(H4,62,63,68)(H4,64,69,70,74,91)/t48-,49-,55+/m1/s1. The number of phenolic OH excluding ortho intramolecular Hbond substituents is 1.